The third-order valence-electron chi connectivity index (χ3n) is 4.24. The number of hydrogen-bond donors (Lipinski definition) is 2. The number of nitrogens with zero attached hydrogens (tertiary/aromatic N) is 2. The fourth-order valence-electron chi connectivity index (χ4n) is 2.62. The fourth-order valence-corrected chi connectivity index (χ4v) is 2.62. The first-order valence-electron chi connectivity index (χ1n) is 7.26. The highest BCUT2D eigenvalue weighted by Crippen LogP contribution is 2.39. The molecule has 1 aromatic heterocycles. The summed E-state index contributed by atoms with van der Waals surface area (Å²) in [5, 5.41) is 7.29. The van der Waals surface area contributed by atoms with E-state index in [4.69, 9.17) is 5.73 Å². The molecule has 0 bridgehead atoms. The lowest BCUT2D eigenvalue weighted by atomic mass is 9.70. The van der Waals surface area contributed by atoms with Gasteiger partial charge in [-0.05, 0) is 36.5 Å². The number of para-hydroxylation sites is 2. The van der Waals surface area contributed by atoms with Crippen LogP contribution in [0.25, 0.3) is 5.69 Å². The zero-order valence-electron chi connectivity index (χ0n) is 12.2. The number of carbonyl (C=O) groups is 1. The Hall–Kier alpha value is -2.30. The zero-order valence-corrected chi connectivity index (χ0v) is 12.2. The summed E-state index contributed by atoms with van der Waals surface area (Å²) in [6.07, 6.45) is 5.38. The van der Waals surface area contributed by atoms with Gasteiger partial charge in [0.15, 0.2) is 5.69 Å². The van der Waals surface area contributed by atoms with Crippen LogP contribution in [0.3, 0.4) is 0 Å². The van der Waals surface area contributed by atoms with Crippen molar-refractivity contribution in [3.8, 4) is 5.69 Å². The molecular formula is C16H20N4O. The van der Waals surface area contributed by atoms with Crippen LogP contribution in [0.5, 0.6) is 0 Å². The largest absolute Gasteiger partial charge is 0.397 e. The molecule has 1 aliphatic rings. The van der Waals surface area contributed by atoms with Crippen molar-refractivity contribution in [2.75, 3.05) is 12.3 Å². The third-order valence-corrected chi connectivity index (χ3v) is 4.24. The number of rotatable bonds is 4. The molecule has 0 aliphatic heterocycles. The second kappa shape index (κ2) is 5.24. The molecule has 0 spiro atoms. The number of carbonyl (C=O) groups excluding carboxylic acids is 1. The summed E-state index contributed by atoms with van der Waals surface area (Å²) in [4.78, 5) is 12.1. The molecule has 1 aromatic carbocycles. The molecule has 0 unspecified atom stereocenters. The Morgan fingerprint density at radius 3 is 2.81 bits per heavy atom. The Labute approximate surface area is 124 Å². The number of hydrogen-bond acceptors (Lipinski definition) is 3. The molecule has 3 rings (SSSR count). The predicted octanol–water partition coefficient (Wildman–Crippen LogP) is 2.37. The summed E-state index contributed by atoms with van der Waals surface area (Å²) in [6, 6.07) is 9.16. The van der Waals surface area contributed by atoms with Gasteiger partial charge in [-0.1, -0.05) is 25.5 Å². The van der Waals surface area contributed by atoms with Gasteiger partial charge in [-0.2, -0.15) is 5.10 Å². The van der Waals surface area contributed by atoms with E-state index < -0.39 is 0 Å². The summed E-state index contributed by atoms with van der Waals surface area (Å²) < 4.78 is 1.63. The Morgan fingerprint density at radius 2 is 2.14 bits per heavy atom. The van der Waals surface area contributed by atoms with Crippen molar-refractivity contribution < 1.29 is 4.79 Å². The fraction of sp³-hybridized carbons (Fsp3) is 0.375. The maximum atomic E-state index is 12.1. The molecular weight excluding hydrogens is 264 g/mol. The molecule has 1 fully saturated rings. The Morgan fingerprint density at radius 1 is 1.38 bits per heavy atom. The van der Waals surface area contributed by atoms with E-state index in [2.05, 4.69) is 17.3 Å². The highest BCUT2D eigenvalue weighted by atomic mass is 16.1. The maximum Gasteiger partial charge on any atom is 0.271 e. The maximum absolute atomic E-state index is 12.1. The summed E-state index contributed by atoms with van der Waals surface area (Å²) in [5.41, 5.74) is 8.02. The lowest BCUT2D eigenvalue weighted by Crippen LogP contribution is -2.40. The summed E-state index contributed by atoms with van der Waals surface area (Å²) >= 11 is 0. The van der Waals surface area contributed by atoms with E-state index in [1.165, 1.54) is 19.3 Å². The summed E-state index contributed by atoms with van der Waals surface area (Å²) in [6.45, 7) is 2.92. The van der Waals surface area contributed by atoms with Crippen molar-refractivity contribution in [3.63, 3.8) is 0 Å². The van der Waals surface area contributed by atoms with Crippen LogP contribution in [0, 0.1) is 5.41 Å². The van der Waals surface area contributed by atoms with E-state index in [9.17, 15) is 4.79 Å². The number of aromatic nitrogens is 2. The molecule has 5 nitrogen and oxygen atoms in total. The minimum atomic E-state index is -0.128. The number of anilines is 1. The van der Waals surface area contributed by atoms with Gasteiger partial charge in [-0.15, -0.1) is 0 Å². The second-order valence-electron chi connectivity index (χ2n) is 6.05. The Balaban J connectivity index is 1.70. The molecule has 0 radical (unpaired) electrons. The van der Waals surface area contributed by atoms with Gasteiger partial charge in [-0.3, -0.25) is 4.79 Å². The first kappa shape index (κ1) is 13.7. The summed E-state index contributed by atoms with van der Waals surface area (Å²) in [5.74, 6) is -0.128. The van der Waals surface area contributed by atoms with E-state index in [0.717, 1.165) is 5.69 Å². The Kier molecular flexibility index (Phi) is 3.41. The van der Waals surface area contributed by atoms with Crippen molar-refractivity contribution in [2.45, 2.75) is 26.2 Å². The first-order valence-corrected chi connectivity index (χ1v) is 7.26. The van der Waals surface area contributed by atoms with E-state index in [-0.39, 0.29) is 11.3 Å². The van der Waals surface area contributed by atoms with Gasteiger partial charge < -0.3 is 11.1 Å². The predicted molar refractivity (Wildman–Crippen MR) is 82.3 cm³/mol. The van der Waals surface area contributed by atoms with Crippen molar-refractivity contribution in [3.05, 3.63) is 42.2 Å². The zero-order chi connectivity index (χ0) is 14.9. The normalized spacial score (nSPS) is 16.2. The van der Waals surface area contributed by atoms with Gasteiger partial charge in [0.05, 0.1) is 11.4 Å². The average Bonchev–Trinajstić information content (AvgIpc) is 2.93. The molecule has 3 N–H and O–H groups in total. The molecule has 110 valence electrons. The van der Waals surface area contributed by atoms with Gasteiger partial charge in [0.1, 0.15) is 0 Å². The third kappa shape index (κ3) is 2.77. The van der Waals surface area contributed by atoms with Crippen LogP contribution in [0.2, 0.25) is 0 Å². The SMILES string of the molecule is CC1(CNC(=O)c2ccn(-c3ccccc3N)n2)CCC1. The minimum absolute atomic E-state index is 0.128. The number of amides is 1. The summed E-state index contributed by atoms with van der Waals surface area (Å²) in [7, 11) is 0. The molecule has 0 atom stereocenters. The van der Waals surface area contributed by atoms with Gasteiger partial charge in [0, 0.05) is 12.7 Å². The van der Waals surface area contributed by atoms with Crippen LogP contribution in [-0.4, -0.2) is 22.2 Å². The smallest absolute Gasteiger partial charge is 0.271 e. The topological polar surface area (TPSA) is 72.9 Å². The molecule has 21 heavy (non-hydrogen) atoms. The van der Waals surface area contributed by atoms with Crippen molar-refractivity contribution >= 4 is 11.6 Å². The molecule has 1 saturated carbocycles. The van der Waals surface area contributed by atoms with E-state index >= 15 is 0 Å². The van der Waals surface area contributed by atoms with Crippen LogP contribution < -0.4 is 11.1 Å². The molecule has 0 saturated heterocycles. The lowest BCUT2D eigenvalue weighted by molar-refractivity contribution is 0.0885. The molecule has 2 aromatic rings. The quantitative estimate of drug-likeness (QED) is 0.847. The van der Waals surface area contributed by atoms with Crippen molar-refractivity contribution in [1.82, 2.24) is 15.1 Å². The van der Waals surface area contributed by atoms with Gasteiger partial charge >= 0.3 is 0 Å². The Bertz CT molecular complexity index is 658. The van der Waals surface area contributed by atoms with E-state index in [1.807, 2.05) is 24.3 Å². The number of nitrogens with one attached hydrogen (secondary N) is 1. The van der Waals surface area contributed by atoms with Crippen LogP contribution in [0.4, 0.5) is 5.69 Å². The molecule has 1 aliphatic carbocycles. The highest BCUT2D eigenvalue weighted by Gasteiger charge is 2.32. The van der Waals surface area contributed by atoms with Crippen LogP contribution >= 0.6 is 0 Å². The number of nitrogens with two attached hydrogens (primary N) is 1. The highest BCUT2D eigenvalue weighted by molar-refractivity contribution is 5.92. The monoisotopic (exact) mass is 284 g/mol. The standard InChI is InChI=1S/C16H20N4O/c1-16(8-4-9-16)11-18-15(21)13-7-10-20(19-13)14-6-3-2-5-12(14)17/h2-3,5-7,10H,4,8-9,11,17H2,1H3,(H,18,21). The van der Waals surface area contributed by atoms with Crippen molar-refractivity contribution in [2.24, 2.45) is 5.41 Å². The van der Waals surface area contributed by atoms with Crippen molar-refractivity contribution in [1.29, 1.82) is 0 Å². The van der Waals surface area contributed by atoms with Gasteiger partial charge in [-0.25, -0.2) is 4.68 Å². The van der Waals surface area contributed by atoms with Gasteiger partial charge in [0.25, 0.3) is 5.91 Å². The van der Waals surface area contributed by atoms with Crippen LogP contribution in [0.1, 0.15) is 36.7 Å². The lowest BCUT2D eigenvalue weighted by Gasteiger charge is -2.38. The molecule has 1 heterocycles. The van der Waals surface area contributed by atoms with Crippen LogP contribution in [-0.2, 0) is 0 Å². The first-order chi connectivity index (χ1) is 10.1. The minimum Gasteiger partial charge on any atom is -0.397 e. The molecule has 1 amide bonds. The second-order valence-corrected chi connectivity index (χ2v) is 6.05. The average molecular weight is 284 g/mol. The number of benzene rings is 1. The molecule has 5 heteroatoms. The van der Waals surface area contributed by atoms with Gasteiger partial charge in [0.2, 0.25) is 0 Å². The van der Waals surface area contributed by atoms with E-state index in [0.29, 0.717) is 17.9 Å². The number of nitrogen functional groups attached to an aromatic ring is 1. The van der Waals surface area contributed by atoms with E-state index in [1.54, 1.807) is 16.9 Å². The van der Waals surface area contributed by atoms with Crippen LogP contribution in [0.15, 0.2) is 36.5 Å².